The fourth-order valence-corrected chi connectivity index (χ4v) is 4.88. The van der Waals surface area contributed by atoms with E-state index in [0.717, 1.165) is 30.4 Å². The third-order valence-electron chi connectivity index (χ3n) is 6.98. The number of likely N-dealkylation sites (tertiary alicyclic amines) is 1. The molecule has 1 atom stereocenters. The van der Waals surface area contributed by atoms with Gasteiger partial charge in [0, 0.05) is 30.6 Å². The van der Waals surface area contributed by atoms with E-state index >= 15 is 4.39 Å². The van der Waals surface area contributed by atoms with Crippen LogP contribution in [0.25, 0.3) is 11.1 Å². The summed E-state index contributed by atoms with van der Waals surface area (Å²) in [5, 5.41) is 4.23. The molecule has 0 aliphatic carbocycles. The molecule has 3 aromatic rings. The Hall–Kier alpha value is -4.21. The predicted molar refractivity (Wildman–Crippen MR) is 167 cm³/mol. The molecule has 0 saturated carbocycles. The fraction of sp³-hybridized carbons (Fsp3) is 0.471. The number of aliphatic imine (C=N–C) groups is 1. The van der Waals surface area contributed by atoms with Crippen molar-refractivity contribution in [1.29, 1.82) is 0 Å². The minimum Gasteiger partial charge on any atom is -0.443 e. The van der Waals surface area contributed by atoms with Crippen LogP contribution in [0.4, 0.5) is 14.0 Å². The summed E-state index contributed by atoms with van der Waals surface area (Å²) in [6.45, 7) is 13.6. The van der Waals surface area contributed by atoms with Crippen LogP contribution in [0.1, 0.15) is 90.7 Å². The second-order valence-corrected chi connectivity index (χ2v) is 13.1. The van der Waals surface area contributed by atoms with Gasteiger partial charge in [0.1, 0.15) is 28.5 Å². The summed E-state index contributed by atoms with van der Waals surface area (Å²) < 4.78 is 32.0. The molecule has 1 aromatic heterocycles. The molecule has 2 heterocycles. The Labute approximate surface area is 259 Å². The lowest BCUT2D eigenvalue weighted by Gasteiger charge is -2.35. The van der Waals surface area contributed by atoms with Gasteiger partial charge in [0.2, 0.25) is 5.96 Å². The van der Waals surface area contributed by atoms with Gasteiger partial charge >= 0.3 is 12.2 Å². The second-order valence-electron chi connectivity index (χ2n) is 13.1. The van der Waals surface area contributed by atoms with E-state index in [4.69, 9.17) is 14.0 Å². The minimum atomic E-state index is -0.804. The Morgan fingerprint density at radius 1 is 0.977 bits per heavy atom. The van der Waals surface area contributed by atoms with Crippen LogP contribution in [0, 0.1) is 5.82 Å². The first kappa shape index (κ1) is 32.7. The molecule has 1 aliphatic rings. The Morgan fingerprint density at radius 2 is 1.64 bits per heavy atom. The van der Waals surface area contributed by atoms with Crippen molar-refractivity contribution >= 4 is 18.1 Å². The maximum Gasteiger partial charge on any atom is 0.437 e. The van der Waals surface area contributed by atoms with E-state index in [1.54, 1.807) is 53.7 Å². The third-order valence-corrected chi connectivity index (χ3v) is 6.98. The van der Waals surface area contributed by atoms with Crippen LogP contribution in [0.15, 0.2) is 64.1 Å². The molecule has 10 heteroatoms. The van der Waals surface area contributed by atoms with Gasteiger partial charge in [-0.05, 0) is 78.0 Å². The average Bonchev–Trinajstić information content (AvgIpc) is 3.42. The van der Waals surface area contributed by atoms with Gasteiger partial charge in [0.05, 0.1) is 6.54 Å². The van der Waals surface area contributed by atoms with Crippen LogP contribution in [0.5, 0.6) is 0 Å². The van der Waals surface area contributed by atoms with Crippen molar-refractivity contribution in [2.75, 3.05) is 13.1 Å². The molecule has 1 unspecified atom stereocenters. The molecule has 1 aliphatic heterocycles. The number of piperidine rings is 1. The van der Waals surface area contributed by atoms with Crippen LogP contribution >= 0.6 is 0 Å². The number of hydrogen-bond donors (Lipinski definition) is 0. The van der Waals surface area contributed by atoms with E-state index in [1.807, 2.05) is 48.2 Å². The number of hydrogen-bond acceptors (Lipinski definition) is 6. The first-order chi connectivity index (χ1) is 20.7. The normalized spacial score (nSPS) is 15.1. The number of guanidine groups is 1. The van der Waals surface area contributed by atoms with Crippen molar-refractivity contribution < 1.29 is 28.0 Å². The summed E-state index contributed by atoms with van der Waals surface area (Å²) in [4.78, 5) is 34.0. The quantitative estimate of drug-likeness (QED) is 0.214. The first-order valence-corrected chi connectivity index (χ1v) is 15.1. The Morgan fingerprint density at radius 3 is 2.25 bits per heavy atom. The van der Waals surface area contributed by atoms with E-state index in [9.17, 15) is 9.59 Å². The molecule has 0 N–H and O–H groups in total. The highest BCUT2D eigenvalue weighted by Crippen LogP contribution is 2.30. The molecule has 2 aromatic carbocycles. The fourth-order valence-electron chi connectivity index (χ4n) is 4.88. The lowest BCUT2D eigenvalue weighted by molar-refractivity contribution is 0.0330. The molecule has 9 nitrogen and oxygen atoms in total. The smallest absolute Gasteiger partial charge is 0.437 e. The zero-order valence-corrected chi connectivity index (χ0v) is 26.7. The van der Waals surface area contributed by atoms with E-state index in [-0.39, 0.29) is 24.2 Å². The number of rotatable bonds is 5. The highest BCUT2D eigenvalue weighted by molar-refractivity contribution is 5.99. The van der Waals surface area contributed by atoms with Crippen LogP contribution in [0.2, 0.25) is 0 Å². The van der Waals surface area contributed by atoms with E-state index < -0.39 is 23.4 Å². The van der Waals surface area contributed by atoms with E-state index in [2.05, 4.69) is 10.1 Å². The highest BCUT2D eigenvalue weighted by atomic mass is 19.1. The van der Waals surface area contributed by atoms with Crippen molar-refractivity contribution in [3.05, 3.63) is 77.4 Å². The van der Waals surface area contributed by atoms with Gasteiger partial charge in [-0.2, -0.15) is 0 Å². The van der Waals surface area contributed by atoms with E-state index in [1.165, 1.54) is 11.0 Å². The maximum atomic E-state index is 15.1. The van der Waals surface area contributed by atoms with Crippen molar-refractivity contribution in [2.24, 2.45) is 4.99 Å². The van der Waals surface area contributed by atoms with Gasteiger partial charge in [0.15, 0.2) is 0 Å². The predicted octanol–water partition coefficient (Wildman–Crippen LogP) is 8.15. The zero-order chi connectivity index (χ0) is 32.1. The Balaban J connectivity index is 1.63. The summed E-state index contributed by atoms with van der Waals surface area (Å²) in [6, 6.07) is 16.2. The van der Waals surface area contributed by atoms with Crippen LogP contribution < -0.4 is 0 Å². The van der Waals surface area contributed by atoms with Crippen molar-refractivity contribution in [3.8, 4) is 11.1 Å². The number of carbonyl (C=O) groups excluding carboxylic acids is 2. The van der Waals surface area contributed by atoms with Crippen molar-refractivity contribution in [1.82, 2.24) is 15.0 Å². The summed E-state index contributed by atoms with van der Waals surface area (Å²) in [5.74, 6) is -0.00700. The zero-order valence-electron chi connectivity index (χ0n) is 26.7. The SMILES string of the molecule is CC(c1ccc(-c2ccccc2)c(F)c1)c1cc(CN(C(=O)OC(C)(C)C)/C(=N/C(=O)OC(C)(C)C)N2CCCCC2)no1. The molecule has 2 amide bonds. The molecule has 4 rings (SSSR count). The number of ether oxygens (including phenoxy) is 2. The van der Waals surface area contributed by atoms with E-state index in [0.29, 0.717) is 30.1 Å². The van der Waals surface area contributed by atoms with Gasteiger partial charge in [-0.25, -0.2) is 18.9 Å². The summed E-state index contributed by atoms with van der Waals surface area (Å²) in [5.41, 5.74) is 0.893. The molecule has 1 fully saturated rings. The number of carbonyl (C=O) groups is 2. The van der Waals surface area contributed by atoms with Crippen LogP contribution in [-0.4, -0.2) is 57.4 Å². The molecule has 0 spiro atoms. The molecule has 1 saturated heterocycles. The van der Waals surface area contributed by atoms with Gasteiger partial charge < -0.3 is 18.9 Å². The first-order valence-electron chi connectivity index (χ1n) is 15.1. The lowest BCUT2D eigenvalue weighted by Crippen LogP contribution is -2.50. The standard InChI is InChI=1S/C34H43FN4O5/c1-23(25-16-17-27(28(35)20-25)24-14-10-8-11-15-24)29-21-26(37-44-29)22-39(32(41)43-34(5,6)7)30(38-18-12-9-13-19-38)36-31(40)42-33(2,3)4/h8,10-11,14-17,20-21,23H,9,12-13,18-19,22H2,1-7H3/b36-30+. The monoisotopic (exact) mass is 606 g/mol. The Bertz CT molecular complexity index is 1470. The molecule has 0 bridgehead atoms. The number of amides is 2. The van der Waals surface area contributed by atoms with Crippen molar-refractivity contribution in [3.63, 3.8) is 0 Å². The minimum absolute atomic E-state index is 0.0649. The van der Waals surface area contributed by atoms with Crippen molar-refractivity contribution in [2.45, 2.75) is 91.4 Å². The molecule has 0 radical (unpaired) electrons. The molecular weight excluding hydrogens is 563 g/mol. The number of aromatic nitrogens is 1. The number of halogens is 1. The van der Waals surface area contributed by atoms with Gasteiger partial charge in [-0.15, -0.1) is 4.99 Å². The highest BCUT2D eigenvalue weighted by Gasteiger charge is 2.32. The topological polar surface area (TPSA) is 97.5 Å². The molecular formula is C34H43FN4O5. The van der Waals surface area contributed by atoms with Gasteiger partial charge in [0.25, 0.3) is 0 Å². The van der Waals surface area contributed by atoms with Gasteiger partial charge in [-0.1, -0.05) is 54.5 Å². The molecule has 236 valence electrons. The Kier molecular flexibility index (Phi) is 10.1. The second kappa shape index (κ2) is 13.6. The average molecular weight is 607 g/mol. The van der Waals surface area contributed by atoms with Gasteiger partial charge in [-0.3, -0.25) is 0 Å². The summed E-state index contributed by atoms with van der Waals surface area (Å²) in [7, 11) is 0. The number of nitrogens with zero attached hydrogens (tertiary/aromatic N) is 4. The maximum absolute atomic E-state index is 15.1. The summed E-state index contributed by atoms with van der Waals surface area (Å²) in [6.07, 6.45) is 1.34. The third kappa shape index (κ3) is 8.90. The van der Waals surface area contributed by atoms with Crippen LogP contribution in [-0.2, 0) is 16.0 Å². The molecule has 44 heavy (non-hydrogen) atoms. The van der Waals surface area contributed by atoms with Crippen LogP contribution in [0.3, 0.4) is 0 Å². The lowest BCUT2D eigenvalue weighted by atomic mass is 9.95. The summed E-state index contributed by atoms with van der Waals surface area (Å²) >= 11 is 0. The number of benzene rings is 2. The largest absolute Gasteiger partial charge is 0.443 e.